The highest BCUT2D eigenvalue weighted by atomic mass is 15.3. The van der Waals surface area contributed by atoms with E-state index in [1.807, 2.05) is 30.5 Å². The lowest BCUT2D eigenvalue weighted by molar-refractivity contribution is 0.591. The third-order valence-electron chi connectivity index (χ3n) is 2.43. The van der Waals surface area contributed by atoms with Gasteiger partial charge in [0.1, 0.15) is 6.04 Å². The Morgan fingerprint density at radius 3 is 2.62 bits per heavy atom. The molecule has 2 rings (SSSR count). The van der Waals surface area contributed by atoms with Crippen LogP contribution in [0, 0.1) is 11.3 Å². The molecule has 1 atom stereocenters. The second-order valence-corrected chi connectivity index (χ2v) is 3.64. The Kier molecular flexibility index (Phi) is 2.61. The first kappa shape index (κ1) is 10.2. The van der Waals surface area contributed by atoms with Crippen molar-refractivity contribution in [2.24, 2.45) is 0 Å². The molecule has 1 heterocycles. The molecular weight excluding hydrogens is 200 g/mol. The zero-order chi connectivity index (χ0) is 11.5. The second kappa shape index (κ2) is 4.07. The lowest BCUT2D eigenvalue weighted by Gasteiger charge is -2.01. The Hall–Kier alpha value is -2.28. The van der Waals surface area contributed by atoms with Crippen LogP contribution in [-0.2, 0) is 0 Å². The number of nitrogens with two attached hydrogens (primary N) is 1. The Bertz CT molecular complexity index is 519. The minimum absolute atomic E-state index is 0.248. The van der Waals surface area contributed by atoms with Crippen LogP contribution < -0.4 is 5.73 Å². The summed E-state index contributed by atoms with van der Waals surface area (Å²) in [5.74, 6) is 0. The maximum atomic E-state index is 8.78. The molecule has 0 aliphatic heterocycles. The van der Waals surface area contributed by atoms with Crippen molar-refractivity contribution >= 4 is 5.69 Å². The number of aromatic nitrogens is 2. The van der Waals surface area contributed by atoms with Gasteiger partial charge in [-0.1, -0.05) is 12.1 Å². The van der Waals surface area contributed by atoms with Crippen molar-refractivity contribution in [2.75, 3.05) is 5.73 Å². The molecule has 0 aliphatic carbocycles. The van der Waals surface area contributed by atoms with Gasteiger partial charge in [-0.3, -0.25) is 4.68 Å². The van der Waals surface area contributed by atoms with Gasteiger partial charge >= 0.3 is 0 Å². The molecule has 0 spiro atoms. The summed E-state index contributed by atoms with van der Waals surface area (Å²) >= 11 is 0. The van der Waals surface area contributed by atoms with Crippen molar-refractivity contribution in [3.8, 4) is 17.2 Å². The van der Waals surface area contributed by atoms with Gasteiger partial charge in [0.25, 0.3) is 0 Å². The normalized spacial score (nSPS) is 12.0. The molecule has 0 bridgehead atoms. The van der Waals surface area contributed by atoms with Crippen molar-refractivity contribution in [3.63, 3.8) is 0 Å². The molecule has 80 valence electrons. The van der Waals surface area contributed by atoms with Crippen molar-refractivity contribution in [2.45, 2.75) is 13.0 Å². The first-order valence-electron chi connectivity index (χ1n) is 5.00. The minimum Gasteiger partial charge on any atom is -0.399 e. The lowest BCUT2D eigenvalue weighted by Crippen LogP contribution is -2.01. The van der Waals surface area contributed by atoms with Crippen LogP contribution in [0.3, 0.4) is 0 Å². The molecule has 1 unspecified atom stereocenters. The predicted molar refractivity (Wildman–Crippen MR) is 62.4 cm³/mol. The molecule has 0 aliphatic rings. The monoisotopic (exact) mass is 212 g/mol. The highest BCUT2D eigenvalue weighted by Crippen LogP contribution is 2.20. The maximum Gasteiger partial charge on any atom is 0.135 e. The number of nitriles is 1. The number of rotatable bonds is 2. The fraction of sp³-hybridized carbons (Fsp3) is 0.167. The molecule has 0 amide bonds. The van der Waals surface area contributed by atoms with Crippen molar-refractivity contribution in [1.82, 2.24) is 9.78 Å². The summed E-state index contributed by atoms with van der Waals surface area (Å²) in [5, 5.41) is 12.9. The molecule has 16 heavy (non-hydrogen) atoms. The largest absolute Gasteiger partial charge is 0.399 e. The maximum absolute atomic E-state index is 8.78. The number of hydrogen-bond donors (Lipinski definition) is 1. The smallest absolute Gasteiger partial charge is 0.135 e. The summed E-state index contributed by atoms with van der Waals surface area (Å²) in [7, 11) is 0. The molecular formula is C12H12N4. The van der Waals surface area contributed by atoms with Crippen molar-refractivity contribution in [1.29, 1.82) is 5.26 Å². The molecule has 0 saturated heterocycles. The average molecular weight is 212 g/mol. The van der Waals surface area contributed by atoms with Crippen LogP contribution in [0.2, 0.25) is 0 Å². The van der Waals surface area contributed by atoms with Gasteiger partial charge in [0.05, 0.1) is 12.3 Å². The number of anilines is 1. The molecule has 4 heteroatoms. The zero-order valence-corrected chi connectivity index (χ0v) is 8.96. The van der Waals surface area contributed by atoms with E-state index in [0.29, 0.717) is 0 Å². The van der Waals surface area contributed by atoms with Crippen LogP contribution in [0.5, 0.6) is 0 Å². The van der Waals surface area contributed by atoms with E-state index < -0.39 is 0 Å². The summed E-state index contributed by atoms with van der Waals surface area (Å²) in [6.45, 7) is 1.81. The Morgan fingerprint density at radius 1 is 1.31 bits per heavy atom. The number of hydrogen-bond acceptors (Lipinski definition) is 3. The van der Waals surface area contributed by atoms with E-state index in [2.05, 4.69) is 11.2 Å². The summed E-state index contributed by atoms with van der Waals surface area (Å²) in [6.07, 6.45) is 3.61. The molecule has 0 fully saturated rings. The number of nitrogens with zero attached hydrogens (tertiary/aromatic N) is 3. The molecule has 4 nitrogen and oxygen atoms in total. The number of nitrogen functional groups attached to an aromatic ring is 1. The fourth-order valence-corrected chi connectivity index (χ4v) is 1.43. The van der Waals surface area contributed by atoms with E-state index in [9.17, 15) is 0 Å². The average Bonchev–Trinajstić information content (AvgIpc) is 2.78. The summed E-state index contributed by atoms with van der Waals surface area (Å²) in [4.78, 5) is 0. The summed E-state index contributed by atoms with van der Waals surface area (Å²) in [6, 6.07) is 9.46. The Morgan fingerprint density at radius 2 is 2.00 bits per heavy atom. The topological polar surface area (TPSA) is 67.6 Å². The van der Waals surface area contributed by atoms with Gasteiger partial charge in [-0.2, -0.15) is 10.4 Å². The van der Waals surface area contributed by atoms with Crippen LogP contribution in [0.15, 0.2) is 36.7 Å². The van der Waals surface area contributed by atoms with Crippen LogP contribution in [0.25, 0.3) is 11.1 Å². The Labute approximate surface area is 93.9 Å². The van der Waals surface area contributed by atoms with E-state index in [1.54, 1.807) is 17.8 Å². The lowest BCUT2D eigenvalue weighted by atomic mass is 10.1. The van der Waals surface area contributed by atoms with E-state index >= 15 is 0 Å². The van der Waals surface area contributed by atoms with Crippen molar-refractivity contribution < 1.29 is 0 Å². The van der Waals surface area contributed by atoms with E-state index in [0.717, 1.165) is 16.8 Å². The van der Waals surface area contributed by atoms with Gasteiger partial charge in [-0.15, -0.1) is 0 Å². The van der Waals surface area contributed by atoms with Crippen LogP contribution in [0.4, 0.5) is 5.69 Å². The number of benzene rings is 1. The third kappa shape index (κ3) is 1.89. The first-order valence-corrected chi connectivity index (χ1v) is 5.00. The summed E-state index contributed by atoms with van der Waals surface area (Å²) < 4.78 is 1.64. The molecule has 0 saturated carbocycles. The van der Waals surface area contributed by atoms with Crippen LogP contribution >= 0.6 is 0 Å². The third-order valence-corrected chi connectivity index (χ3v) is 2.43. The van der Waals surface area contributed by atoms with E-state index in [1.165, 1.54) is 0 Å². The molecule has 0 radical (unpaired) electrons. The standard InChI is InChI=1S/C12H12N4/c1-9(6-13)16-8-11(7-15-16)10-2-4-12(14)5-3-10/h2-5,7-9H,14H2,1H3. The second-order valence-electron chi connectivity index (χ2n) is 3.64. The van der Waals surface area contributed by atoms with Gasteiger partial charge in [-0.25, -0.2) is 0 Å². The zero-order valence-electron chi connectivity index (χ0n) is 8.96. The van der Waals surface area contributed by atoms with Gasteiger partial charge in [0.2, 0.25) is 0 Å². The van der Waals surface area contributed by atoms with Gasteiger partial charge in [0.15, 0.2) is 0 Å². The van der Waals surface area contributed by atoms with E-state index in [4.69, 9.17) is 11.0 Å². The molecule has 1 aromatic heterocycles. The predicted octanol–water partition coefficient (Wildman–Crippen LogP) is 2.22. The molecule has 2 N–H and O–H groups in total. The Balaban J connectivity index is 2.32. The van der Waals surface area contributed by atoms with Crippen molar-refractivity contribution in [3.05, 3.63) is 36.7 Å². The minimum atomic E-state index is -0.248. The highest BCUT2D eigenvalue weighted by molar-refractivity contribution is 5.64. The first-order chi connectivity index (χ1) is 7.70. The fourth-order valence-electron chi connectivity index (χ4n) is 1.43. The van der Waals surface area contributed by atoms with Gasteiger partial charge in [-0.05, 0) is 24.6 Å². The van der Waals surface area contributed by atoms with Gasteiger partial charge in [0, 0.05) is 17.4 Å². The molecule has 2 aromatic rings. The molecule has 1 aromatic carbocycles. The highest BCUT2D eigenvalue weighted by Gasteiger charge is 2.06. The summed E-state index contributed by atoms with van der Waals surface area (Å²) in [5.41, 5.74) is 8.39. The van der Waals surface area contributed by atoms with Gasteiger partial charge < -0.3 is 5.73 Å². The van der Waals surface area contributed by atoms with Crippen LogP contribution in [-0.4, -0.2) is 9.78 Å². The van der Waals surface area contributed by atoms with Crippen LogP contribution in [0.1, 0.15) is 13.0 Å². The SMILES string of the molecule is CC(C#N)n1cc(-c2ccc(N)cc2)cn1. The quantitative estimate of drug-likeness (QED) is 0.776. The van der Waals surface area contributed by atoms with E-state index in [-0.39, 0.29) is 6.04 Å².